The Kier molecular flexibility index (Phi) is 2.77. The number of rotatable bonds is 4. The zero-order chi connectivity index (χ0) is 10.7. The van der Waals surface area contributed by atoms with Gasteiger partial charge in [0.2, 0.25) is 0 Å². The van der Waals surface area contributed by atoms with E-state index in [9.17, 15) is 0 Å². The number of hydrogen-bond acceptors (Lipinski definition) is 5. The van der Waals surface area contributed by atoms with Crippen molar-refractivity contribution in [2.75, 3.05) is 18.5 Å². The Hall–Kier alpha value is -1.69. The zero-order valence-electron chi connectivity index (χ0n) is 8.51. The molecule has 0 radical (unpaired) electrons. The molecular formula is C9H13N5O. The lowest BCUT2D eigenvalue weighted by atomic mass is 10.3. The first-order chi connectivity index (χ1) is 7.31. The van der Waals surface area contributed by atoms with E-state index in [4.69, 9.17) is 5.11 Å². The molecule has 0 aliphatic carbocycles. The van der Waals surface area contributed by atoms with Crippen LogP contribution in [-0.2, 0) is 7.05 Å². The lowest BCUT2D eigenvalue weighted by molar-refractivity contribution is 0.292. The van der Waals surface area contributed by atoms with Crippen LogP contribution in [0.25, 0.3) is 11.0 Å². The maximum absolute atomic E-state index is 8.67. The first-order valence-electron chi connectivity index (χ1n) is 4.80. The highest BCUT2D eigenvalue weighted by molar-refractivity contribution is 5.85. The number of anilines is 1. The fraction of sp³-hybridized carbons (Fsp3) is 0.444. The minimum atomic E-state index is 0.175. The number of hydrogen-bond donors (Lipinski definition) is 2. The van der Waals surface area contributed by atoms with Gasteiger partial charge in [-0.3, -0.25) is 4.68 Å². The molecule has 2 aromatic heterocycles. The predicted molar refractivity (Wildman–Crippen MR) is 56.5 cm³/mol. The van der Waals surface area contributed by atoms with E-state index in [0.29, 0.717) is 18.6 Å². The van der Waals surface area contributed by atoms with Crippen LogP contribution in [0.1, 0.15) is 6.42 Å². The lowest BCUT2D eigenvalue weighted by Crippen LogP contribution is -2.05. The maximum Gasteiger partial charge on any atom is 0.186 e. The maximum atomic E-state index is 8.67. The first-order valence-corrected chi connectivity index (χ1v) is 4.80. The van der Waals surface area contributed by atoms with Crippen LogP contribution < -0.4 is 5.32 Å². The van der Waals surface area contributed by atoms with Crippen molar-refractivity contribution in [3.05, 3.63) is 12.5 Å². The summed E-state index contributed by atoms with van der Waals surface area (Å²) >= 11 is 0. The molecule has 0 unspecified atom stereocenters. The Morgan fingerprint density at radius 2 is 2.33 bits per heavy atom. The molecule has 2 heterocycles. The van der Waals surface area contributed by atoms with Crippen molar-refractivity contribution in [1.82, 2.24) is 19.7 Å². The molecule has 6 nitrogen and oxygen atoms in total. The molecule has 0 atom stereocenters. The molecule has 6 heteroatoms. The van der Waals surface area contributed by atoms with Gasteiger partial charge in [-0.25, -0.2) is 9.97 Å². The van der Waals surface area contributed by atoms with Crippen molar-refractivity contribution in [1.29, 1.82) is 0 Å². The van der Waals surface area contributed by atoms with Crippen molar-refractivity contribution < 1.29 is 5.11 Å². The molecule has 0 saturated heterocycles. The SMILES string of the molecule is Cn1cc2c(NCCCO)ncnc2n1. The molecule has 2 rings (SSSR count). The van der Waals surface area contributed by atoms with Crippen molar-refractivity contribution in [3.63, 3.8) is 0 Å². The molecule has 0 fully saturated rings. The summed E-state index contributed by atoms with van der Waals surface area (Å²) in [6.07, 6.45) is 4.05. The summed E-state index contributed by atoms with van der Waals surface area (Å²) in [6.45, 7) is 0.867. The van der Waals surface area contributed by atoms with Crippen LogP contribution in [0.5, 0.6) is 0 Å². The van der Waals surface area contributed by atoms with Crippen LogP contribution in [0.3, 0.4) is 0 Å². The van der Waals surface area contributed by atoms with Gasteiger partial charge in [0, 0.05) is 26.4 Å². The van der Waals surface area contributed by atoms with E-state index >= 15 is 0 Å². The highest BCUT2D eigenvalue weighted by Crippen LogP contribution is 2.16. The smallest absolute Gasteiger partial charge is 0.186 e. The topological polar surface area (TPSA) is 75.9 Å². The molecule has 15 heavy (non-hydrogen) atoms. The highest BCUT2D eigenvalue weighted by Gasteiger charge is 2.05. The van der Waals surface area contributed by atoms with Crippen molar-refractivity contribution in [3.8, 4) is 0 Å². The van der Waals surface area contributed by atoms with Crippen LogP contribution in [-0.4, -0.2) is 38.0 Å². The van der Waals surface area contributed by atoms with Crippen LogP contribution >= 0.6 is 0 Å². The molecule has 0 aliphatic rings. The van der Waals surface area contributed by atoms with Gasteiger partial charge in [-0.1, -0.05) is 0 Å². The summed E-state index contributed by atoms with van der Waals surface area (Å²) in [6, 6.07) is 0. The van der Waals surface area contributed by atoms with E-state index in [1.807, 2.05) is 13.2 Å². The monoisotopic (exact) mass is 207 g/mol. The summed E-state index contributed by atoms with van der Waals surface area (Å²) in [7, 11) is 1.85. The fourth-order valence-electron chi connectivity index (χ4n) is 1.38. The molecule has 2 N–H and O–H groups in total. The van der Waals surface area contributed by atoms with Crippen LogP contribution in [0, 0.1) is 0 Å². The third-order valence-electron chi connectivity index (χ3n) is 2.06. The van der Waals surface area contributed by atoms with Gasteiger partial charge in [-0.2, -0.15) is 5.10 Å². The van der Waals surface area contributed by atoms with E-state index in [-0.39, 0.29) is 6.61 Å². The molecule has 0 bridgehead atoms. The zero-order valence-corrected chi connectivity index (χ0v) is 8.51. The van der Waals surface area contributed by atoms with Gasteiger partial charge in [-0.15, -0.1) is 0 Å². The third-order valence-corrected chi connectivity index (χ3v) is 2.06. The van der Waals surface area contributed by atoms with Crippen molar-refractivity contribution in [2.45, 2.75) is 6.42 Å². The number of aliphatic hydroxyl groups excluding tert-OH is 1. The van der Waals surface area contributed by atoms with Crippen LogP contribution in [0.15, 0.2) is 12.5 Å². The van der Waals surface area contributed by atoms with E-state index in [1.165, 1.54) is 6.33 Å². The van der Waals surface area contributed by atoms with E-state index in [2.05, 4.69) is 20.4 Å². The molecule has 0 amide bonds. The van der Waals surface area contributed by atoms with E-state index < -0.39 is 0 Å². The fourth-order valence-corrected chi connectivity index (χ4v) is 1.38. The van der Waals surface area contributed by atoms with Gasteiger partial charge < -0.3 is 10.4 Å². The largest absolute Gasteiger partial charge is 0.396 e. The summed E-state index contributed by atoms with van der Waals surface area (Å²) in [4.78, 5) is 8.19. The summed E-state index contributed by atoms with van der Waals surface area (Å²) in [5, 5.41) is 16.9. The average molecular weight is 207 g/mol. The second kappa shape index (κ2) is 4.22. The molecule has 0 spiro atoms. The third kappa shape index (κ3) is 2.04. The number of fused-ring (bicyclic) bond motifs is 1. The second-order valence-electron chi connectivity index (χ2n) is 3.27. The second-order valence-corrected chi connectivity index (χ2v) is 3.27. The highest BCUT2D eigenvalue weighted by atomic mass is 16.3. The standard InChI is InChI=1S/C9H13N5O/c1-14-5-7-8(10-3-2-4-15)11-6-12-9(7)13-14/h5-6,15H,2-4H2,1H3,(H,10,11,12,13). The molecule has 0 saturated carbocycles. The lowest BCUT2D eigenvalue weighted by Gasteiger charge is -2.03. The van der Waals surface area contributed by atoms with Gasteiger partial charge in [0.05, 0.1) is 5.39 Å². The summed E-state index contributed by atoms with van der Waals surface area (Å²) in [5.74, 6) is 0.765. The predicted octanol–water partition coefficient (Wildman–Crippen LogP) is 0.158. The van der Waals surface area contributed by atoms with Gasteiger partial charge in [0.1, 0.15) is 12.1 Å². The van der Waals surface area contributed by atoms with Gasteiger partial charge in [0.15, 0.2) is 5.65 Å². The number of aryl methyl sites for hydroxylation is 1. The van der Waals surface area contributed by atoms with Gasteiger partial charge in [0.25, 0.3) is 0 Å². The number of nitrogens with one attached hydrogen (secondary N) is 1. The van der Waals surface area contributed by atoms with E-state index in [1.54, 1.807) is 4.68 Å². The van der Waals surface area contributed by atoms with E-state index in [0.717, 1.165) is 11.2 Å². The Labute approximate surface area is 87.0 Å². The Balaban J connectivity index is 2.25. The van der Waals surface area contributed by atoms with Gasteiger partial charge in [-0.05, 0) is 6.42 Å². The Bertz CT molecular complexity index is 453. The molecule has 0 aromatic carbocycles. The molecule has 0 aliphatic heterocycles. The van der Waals surface area contributed by atoms with Gasteiger partial charge >= 0.3 is 0 Å². The van der Waals surface area contributed by atoms with Crippen LogP contribution in [0.2, 0.25) is 0 Å². The number of aliphatic hydroxyl groups is 1. The van der Waals surface area contributed by atoms with Crippen molar-refractivity contribution in [2.24, 2.45) is 7.05 Å². The number of nitrogens with zero attached hydrogens (tertiary/aromatic N) is 4. The first kappa shape index (κ1) is 9.85. The quantitative estimate of drug-likeness (QED) is 0.698. The minimum Gasteiger partial charge on any atom is -0.396 e. The summed E-state index contributed by atoms with van der Waals surface area (Å²) in [5.41, 5.74) is 0.680. The minimum absolute atomic E-state index is 0.175. The molecular weight excluding hydrogens is 194 g/mol. The van der Waals surface area contributed by atoms with Crippen LogP contribution in [0.4, 0.5) is 5.82 Å². The average Bonchev–Trinajstić information content (AvgIpc) is 2.59. The molecule has 2 aromatic rings. The Morgan fingerprint density at radius 3 is 3.13 bits per heavy atom. The summed E-state index contributed by atoms with van der Waals surface area (Å²) < 4.78 is 1.70. The normalized spacial score (nSPS) is 10.8. The van der Waals surface area contributed by atoms with Crippen molar-refractivity contribution >= 4 is 16.9 Å². The Morgan fingerprint density at radius 1 is 1.47 bits per heavy atom. The number of aromatic nitrogens is 4. The molecule has 80 valence electrons.